The van der Waals surface area contributed by atoms with Crippen molar-refractivity contribution in [2.75, 3.05) is 33.7 Å². The van der Waals surface area contributed by atoms with Gasteiger partial charge in [-0.2, -0.15) is 4.31 Å². The van der Waals surface area contributed by atoms with Crippen LogP contribution in [0.3, 0.4) is 0 Å². The van der Waals surface area contributed by atoms with Gasteiger partial charge in [0.1, 0.15) is 0 Å². The molecule has 0 aliphatic carbocycles. The molecule has 1 aromatic carbocycles. The summed E-state index contributed by atoms with van der Waals surface area (Å²) in [6.07, 6.45) is 0.826. The fourth-order valence-electron chi connectivity index (χ4n) is 2.53. The van der Waals surface area contributed by atoms with Gasteiger partial charge in [-0.05, 0) is 57.2 Å². The van der Waals surface area contributed by atoms with Gasteiger partial charge in [-0.15, -0.1) is 12.4 Å². The number of halogens is 1. The standard InChI is InChI=1S/C13H21N3O4S2.ClH/c1-14-9-11-7-8-16(10-11)22(19,20)13-5-3-12(4-6-13)21(17,18)15-2;/h3-6,11,14-15H,7-10H2,1-2H3;1H. The predicted octanol–water partition coefficient (Wildman–Crippen LogP) is 0.247. The van der Waals surface area contributed by atoms with Crippen LogP contribution in [0.1, 0.15) is 6.42 Å². The van der Waals surface area contributed by atoms with Crippen molar-refractivity contribution < 1.29 is 16.8 Å². The van der Waals surface area contributed by atoms with E-state index in [2.05, 4.69) is 10.0 Å². The Balaban J connectivity index is 0.00000264. The third-order valence-electron chi connectivity index (χ3n) is 3.78. The molecule has 2 N–H and O–H groups in total. The van der Waals surface area contributed by atoms with Crippen LogP contribution in [-0.4, -0.2) is 54.9 Å². The number of nitrogens with one attached hydrogen (secondary N) is 2. The van der Waals surface area contributed by atoms with E-state index in [4.69, 9.17) is 0 Å². The molecule has 1 saturated heterocycles. The smallest absolute Gasteiger partial charge is 0.243 e. The molecule has 1 fully saturated rings. The van der Waals surface area contributed by atoms with E-state index in [-0.39, 0.29) is 22.2 Å². The van der Waals surface area contributed by atoms with Crippen LogP contribution in [0.15, 0.2) is 34.1 Å². The SMILES string of the molecule is CNCC1CCN(S(=O)(=O)c2ccc(S(=O)(=O)NC)cc2)C1.Cl. The average Bonchev–Trinajstić information content (AvgIpc) is 2.97. The first-order valence-corrected chi connectivity index (χ1v) is 9.92. The van der Waals surface area contributed by atoms with E-state index in [1.54, 1.807) is 0 Å². The second-order valence-electron chi connectivity index (χ2n) is 5.25. The van der Waals surface area contributed by atoms with E-state index in [1.165, 1.54) is 35.6 Å². The van der Waals surface area contributed by atoms with Crippen molar-refractivity contribution in [1.82, 2.24) is 14.3 Å². The highest BCUT2D eigenvalue weighted by molar-refractivity contribution is 7.89. The molecule has 0 amide bonds. The Morgan fingerprint density at radius 2 is 1.65 bits per heavy atom. The molecule has 7 nitrogen and oxygen atoms in total. The monoisotopic (exact) mass is 383 g/mol. The quantitative estimate of drug-likeness (QED) is 0.734. The molecule has 1 heterocycles. The topological polar surface area (TPSA) is 95.6 Å². The van der Waals surface area contributed by atoms with E-state index in [1.807, 2.05) is 7.05 Å². The van der Waals surface area contributed by atoms with Gasteiger partial charge in [-0.25, -0.2) is 21.6 Å². The summed E-state index contributed by atoms with van der Waals surface area (Å²) >= 11 is 0. The lowest BCUT2D eigenvalue weighted by molar-refractivity contribution is 0.451. The van der Waals surface area contributed by atoms with Gasteiger partial charge >= 0.3 is 0 Å². The fraction of sp³-hybridized carbons (Fsp3) is 0.538. The summed E-state index contributed by atoms with van der Waals surface area (Å²) in [4.78, 5) is 0.163. The van der Waals surface area contributed by atoms with Crippen LogP contribution in [0.5, 0.6) is 0 Å². The number of nitrogens with zero attached hydrogens (tertiary/aromatic N) is 1. The maximum atomic E-state index is 12.6. The second-order valence-corrected chi connectivity index (χ2v) is 9.08. The van der Waals surface area contributed by atoms with Crippen molar-refractivity contribution in [3.8, 4) is 0 Å². The number of sulfonamides is 2. The molecule has 0 bridgehead atoms. The molecule has 0 spiro atoms. The molecule has 1 atom stereocenters. The molecule has 132 valence electrons. The van der Waals surface area contributed by atoms with Gasteiger partial charge in [0.05, 0.1) is 9.79 Å². The van der Waals surface area contributed by atoms with Gasteiger partial charge < -0.3 is 5.32 Å². The van der Waals surface area contributed by atoms with E-state index in [0.29, 0.717) is 19.0 Å². The maximum Gasteiger partial charge on any atom is 0.243 e. The second kappa shape index (κ2) is 7.91. The Kier molecular flexibility index (Phi) is 6.99. The number of benzene rings is 1. The molecule has 1 aromatic rings. The minimum absolute atomic E-state index is 0. The van der Waals surface area contributed by atoms with Crippen LogP contribution in [0, 0.1) is 5.92 Å². The normalized spacial score (nSPS) is 19.5. The lowest BCUT2D eigenvalue weighted by atomic mass is 10.1. The summed E-state index contributed by atoms with van der Waals surface area (Å²) in [6, 6.07) is 5.29. The maximum absolute atomic E-state index is 12.6. The number of hydrogen-bond donors (Lipinski definition) is 2. The average molecular weight is 384 g/mol. The molecule has 1 aliphatic heterocycles. The van der Waals surface area contributed by atoms with Crippen molar-refractivity contribution >= 4 is 32.5 Å². The summed E-state index contributed by atoms with van der Waals surface area (Å²) in [5, 5.41) is 3.06. The minimum Gasteiger partial charge on any atom is -0.319 e. The predicted molar refractivity (Wildman–Crippen MR) is 90.7 cm³/mol. The Hall–Kier alpha value is -0.710. The van der Waals surface area contributed by atoms with Crippen molar-refractivity contribution in [2.24, 2.45) is 5.92 Å². The van der Waals surface area contributed by atoms with Gasteiger partial charge in [-0.3, -0.25) is 0 Å². The zero-order valence-electron chi connectivity index (χ0n) is 13.0. The molecule has 1 aliphatic rings. The van der Waals surface area contributed by atoms with Crippen LogP contribution >= 0.6 is 12.4 Å². The molecule has 10 heteroatoms. The van der Waals surface area contributed by atoms with Crippen LogP contribution in [0.25, 0.3) is 0 Å². The zero-order chi connectivity index (χ0) is 16.4. The van der Waals surface area contributed by atoms with E-state index < -0.39 is 20.0 Å². The van der Waals surface area contributed by atoms with Crippen LogP contribution in [0.2, 0.25) is 0 Å². The van der Waals surface area contributed by atoms with E-state index in [9.17, 15) is 16.8 Å². The van der Waals surface area contributed by atoms with Crippen LogP contribution in [-0.2, 0) is 20.0 Å². The van der Waals surface area contributed by atoms with Gasteiger partial charge in [0.25, 0.3) is 0 Å². The Morgan fingerprint density at radius 1 is 1.09 bits per heavy atom. The molecule has 23 heavy (non-hydrogen) atoms. The zero-order valence-corrected chi connectivity index (χ0v) is 15.5. The summed E-state index contributed by atoms with van der Waals surface area (Å²) in [7, 11) is -3.97. The third kappa shape index (κ3) is 4.43. The van der Waals surface area contributed by atoms with E-state index in [0.717, 1.165) is 13.0 Å². The summed E-state index contributed by atoms with van der Waals surface area (Å²) < 4.78 is 52.1. The molecule has 1 unspecified atom stereocenters. The largest absolute Gasteiger partial charge is 0.319 e. The minimum atomic E-state index is -3.57. The molecule has 0 saturated carbocycles. The van der Waals surface area contributed by atoms with Gasteiger partial charge in [0.15, 0.2) is 0 Å². The highest BCUT2D eigenvalue weighted by atomic mass is 35.5. The Bertz CT molecular complexity index is 720. The van der Waals surface area contributed by atoms with Crippen molar-refractivity contribution in [1.29, 1.82) is 0 Å². The van der Waals surface area contributed by atoms with Gasteiger partial charge in [0, 0.05) is 13.1 Å². The molecule has 0 radical (unpaired) electrons. The van der Waals surface area contributed by atoms with E-state index >= 15 is 0 Å². The summed E-state index contributed by atoms with van der Waals surface area (Å²) in [5.41, 5.74) is 0. The molecule has 2 rings (SSSR count). The van der Waals surface area contributed by atoms with Crippen LogP contribution < -0.4 is 10.0 Å². The van der Waals surface area contributed by atoms with Crippen LogP contribution in [0.4, 0.5) is 0 Å². The Morgan fingerprint density at radius 3 is 2.17 bits per heavy atom. The van der Waals surface area contributed by atoms with Gasteiger partial charge in [0.2, 0.25) is 20.0 Å². The fourth-order valence-corrected chi connectivity index (χ4v) is 4.79. The first kappa shape index (κ1) is 20.3. The Labute approximate surface area is 144 Å². The number of rotatable bonds is 6. The lowest BCUT2D eigenvalue weighted by Crippen LogP contribution is -2.30. The van der Waals surface area contributed by atoms with Gasteiger partial charge in [-0.1, -0.05) is 0 Å². The summed E-state index contributed by atoms with van der Waals surface area (Å²) in [6.45, 7) is 1.76. The molecular formula is C13H22ClN3O4S2. The van der Waals surface area contributed by atoms with Crippen molar-refractivity contribution in [2.45, 2.75) is 16.2 Å². The summed E-state index contributed by atoms with van der Waals surface area (Å²) in [5.74, 6) is 0.309. The lowest BCUT2D eigenvalue weighted by Gasteiger charge is -2.17. The first-order chi connectivity index (χ1) is 10.3. The van der Waals surface area contributed by atoms with Crippen molar-refractivity contribution in [3.63, 3.8) is 0 Å². The third-order valence-corrected chi connectivity index (χ3v) is 7.09. The molecule has 0 aromatic heterocycles. The number of hydrogen-bond acceptors (Lipinski definition) is 5. The highest BCUT2D eigenvalue weighted by Crippen LogP contribution is 2.24. The molecular weight excluding hydrogens is 362 g/mol. The first-order valence-electron chi connectivity index (χ1n) is 6.99. The highest BCUT2D eigenvalue weighted by Gasteiger charge is 2.32. The van der Waals surface area contributed by atoms with Crippen molar-refractivity contribution in [3.05, 3.63) is 24.3 Å².